The van der Waals surface area contributed by atoms with E-state index in [1.54, 1.807) is 61.8 Å². The number of rotatable bonds is 5. The first-order valence-corrected chi connectivity index (χ1v) is 14.8. The molecule has 3 aliphatic rings. The van der Waals surface area contributed by atoms with Crippen LogP contribution in [0.2, 0.25) is 0 Å². The van der Waals surface area contributed by atoms with E-state index in [0.717, 1.165) is 17.7 Å². The number of nitrogens with zero attached hydrogens (tertiary/aromatic N) is 5. The summed E-state index contributed by atoms with van der Waals surface area (Å²) in [6, 6.07) is 12.8. The van der Waals surface area contributed by atoms with Gasteiger partial charge in [0.2, 0.25) is 5.91 Å². The van der Waals surface area contributed by atoms with Crippen molar-refractivity contribution in [2.75, 3.05) is 49.2 Å². The molecule has 12 heteroatoms. The highest BCUT2D eigenvalue weighted by Crippen LogP contribution is 2.33. The van der Waals surface area contributed by atoms with Crippen LogP contribution in [0, 0.1) is 0 Å². The number of carbonyl (C=O) groups is 4. The van der Waals surface area contributed by atoms with Crippen molar-refractivity contribution in [2.45, 2.75) is 46.1 Å². The van der Waals surface area contributed by atoms with Gasteiger partial charge in [0.1, 0.15) is 23.6 Å². The van der Waals surface area contributed by atoms with Crippen molar-refractivity contribution >= 4 is 35.3 Å². The first-order valence-electron chi connectivity index (χ1n) is 14.8. The largest absolute Gasteiger partial charge is 0.493 e. The summed E-state index contributed by atoms with van der Waals surface area (Å²) in [7, 11) is 0. The molecule has 3 amide bonds. The third-order valence-corrected chi connectivity index (χ3v) is 7.75. The fraction of sp³-hybridized carbons (Fsp3) is 0.406. The minimum Gasteiger partial charge on any atom is -0.493 e. The summed E-state index contributed by atoms with van der Waals surface area (Å²) < 4.78 is 17.8. The predicted octanol–water partition coefficient (Wildman–Crippen LogP) is 3.77. The van der Waals surface area contributed by atoms with Crippen LogP contribution in [0.15, 0.2) is 42.5 Å². The van der Waals surface area contributed by atoms with Crippen molar-refractivity contribution in [3.63, 3.8) is 0 Å². The van der Waals surface area contributed by atoms with Gasteiger partial charge in [-0.05, 0) is 82.1 Å². The van der Waals surface area contributed by atoms with Gasteiger partial charge in [-0.1, -0.05) is 0 Å². The van der Waals surface area contributed by atoms with Gasteiger partial charge in [0.25, 0.3) is 5.91 Å². The van der Waals surface area contributed by atoms with E-state index in [4.69, 9.17) is 14.2 Å². The van der Waals surface area contributed by atoms with Gasteiger partial charge in [-0.15, -0.1) is 0 Å². The second-order valence-corrected chi connectivity index (χ2v) is 11.9. The van der Waals surface area contributed by atoms with Crippen molar-refractivity contribution in [3.8, 4) is 11.4 Å². The molecule has 3 aliphatic heterocycles. The number of benzene rings is 2. The van der Waals surface area contributed by atoms with Crippen LogP contribution < -0.4 is 14.5 Å². The highest BCUT2D eigenvalue weighted by Gasteiger charge is 2.36. The summed E-state index contributed by atoms with van der Waals surface area (Å²) in [5.74, 6) is -0.267. The van der Waals surface area contributed by atoms with Crippen LogP contribution in [0.4, 0.5) is 16.2 Å². The molecule has 0 aliphatic carbocycles. The van der Waals surface area contributed by atoms with Crippen molar-refractivity contribution in [2.24, 2.45) is 0 Å². The summed E-state index contributed by atoms with van der Waals surface area (Å²) in [5.41, 5.74) is 3.37. The minimum atomic E-state index is -0.645. The second kappa shape index (κ2) is 11.3. The lowest BCUT2D eigenvalue weighted by atomic mass is 10.0. The van der Waals surface area contributed by atoms with Gasteiger partial charge >= 0.3 is 12.1 Å². The molecular formula is C32H35N5O7. The maximum Gasteiger partial charge on any atom is 0.410 e. The Labute approximate surface area is 255 Å². The fourth-order valence-electron chi connectivity index (χ4n) is 5.70. The van der Waals surface area contributed by atoms with Gasteiger partial charge in [0, 0.05) is 43.0 Å². The van der Waals surface area contributed by atoms with Crippen LogP contribution in [0.1, 0.15) is 59.8 Å². The lowest BCUT2D eigenvalue weighted by Gasteiger charge is -2.35. The quantitative estimate of drug-likeness (QED) is 0.405. The first kappa shape index (κ1) is 29.2. The Morgan fingerprint density at radius 1 is 0.932 bits per heavy atom. The molecule has 6 rings (SSSR count). The molecule has 1 fully saturated rings. The monoisotopic (exact) mass is 601 g/mol. The Hall–Kier alpha value is -4.87. The molecule has 0 bridgehead atoms. The van der Waals surface area contributed by atoms with E-state index in [0.29, 0.717) is 61.0 Å². The lowest BCUT2D eigenvalue weighted by Crippen LogP contribution is -2.53. The minimum absolute atomic E-state index is 0.0777. The summed E-state index contributed by atoms with van der Waals surface area (Å²) in [6.07, 6.45) is 0.653. The molecule has 1 saturated heterocycles. The number of hydrogen-bond donors (Lipinski definition) is 0. The van der Waals surface area contributed by atoms with Crippen LogP contribution in [0.5, 0.6) is 5.75 Å². The van der Waals surface area contributed by atoms with E-state index < -0.39 is 17.7 Å². The molecule has 0 unspecified atom stereocenters. The number of aromatic nitrogens is 2. The van der Waals surface area contributed by atoms with Crippen molar-refractivity contribution in [1.29, 1.82) is 0 Å². The van der Waals surface area contributed by atoms with E-state index in [1.165, 1.54) is 9.58 Å². The van der Waals surface area contributed by atoms with E-state index in [-0.39, 0.29) is 30.7 Å². The average Bonchev–Trinajstić information content (AvgIpc) is 3.62. The number of ether oxygens (including phenoxy) is 3. The van der Waals surface area contributed by atoms with E-state index in [1.807, 2.05) is 18.2 Å². The Morgan fingerprint density at radius 2 is 1.64 bits per heavy atom. The molecule has 12 nitrogen and oxygen atoms in total. The number of amides is 3. The molecule has 4 heterocycles. The van der Waals surface area contributed by atoms with Crippen molar-refractivity contribution in [1.82, 2.24) is 14.7 Å². The lowest BCUT2D eigenvalue weighted by molar-refractivity contribution is -0.121. The van der Waals surface area contributed by atoms with Gasteiger partial charge in [0.15, 0.2) is 5.69 Å². The summed E-state index contributed by atoms with van der Waals surface area (Å²) in [6.45, 7) is 8.81. The van der Waals surface area contributed by atoms with Crippen molar-refractivity contribution < 1.29 is 33.4 Å². The van der Waals surface area contributed by atoms with Gasteiger partial charge in [-0.3, -0.25) is 14.5 Å². The number of anilines is 2. The summed E-state index contributed by atoms with van der Waals surface area (Å²) >= 11 is 0. The molecule has 0 saturated carbocycles. The van der Waals surface area contributed by atoms with Crippen LogP contribution in [0.25, 0.3) is 5.69 Å². The Bertz CT molecular complexity index is 1640. The second-order valence-electron chi connectivity index (χ2n) is 11.9. The average molecular weight is 602 g/mol. The maximum atomic E-state index is 14.1. The standard InChI is InChI=1S/C32H35N5O7/c1-5-42-30(40)27-24-12-14-36(29(39)28(24)37(33-27)23-10-11-25-20(18-23)13-17-43-25)22-8-6-21(7-9-22)35-16-15-34(19-26(35)38)31(41)44-32(2,3)4/h6-11,18H,5,12-17,19H2,1-4H3. The topological polar surface area (TPSA) is 124 Å². The fourth-order valence-corrected chi connectivity index (χ4v) is 5.70. The molecule has 2 aromatic carbocycles. The van der Waals surface area contributed by atoms with Gasteiger partial charge in [0.05, 0.1) is 18.9 Å². The molecule has 44 heavy (non-hydrogen) atoms. The van der Waals surface area contributed by atoms with Gasteiger partial charge in [-0.25, -0.2) is 14.3 Å². The Kier molecular flexibility index (Phi) is 7.52. The molecule has 1 aromatic heterocycles. The number of piperazine rings is 1. The Morgan fingerprint density at radius 3 is 2.32 bits per heavy atom. The maximum absolute atomic E-state index is 14.1. The van der Waals surface area contributed by atoms with E-state index >= 15 is 0 Å². The van der Waals surface area contributed by atoms with Crippen LogP contribution >= 0.6 is 0 Å². The molecule has 0 atom stereocenters. The zero-order valence-electron chi connectivity index (χ0n) is 25.3. The molecule has 230 valence electrons. The van der Waals surface area contributed by atoms with E-state index in [2.05, 4.69) is 5.10 Å². The van der Waals surface area contributed by atoms with Crippen LogP contribution in [-0.4, -0.2) is 83.6 Å². The predicted molar refractivity (Wildman–Crippen MR) is 161 cm³/mol. The summed E-state index contributed by atoms with van der Waals surface area (Å²) in [5, 5.41) is 4.58. The van der Waals surface area contributed by atoms with Gasteiger partial charge in [-0.2, -0.15) is 5.10 Å². The number of hydrogen-bond acceptors (Lipinski definition) is 8. The highest BCUT2D eigenvalue weighted by atomic mass is 16.6. The third-order valence-electron chi connectivity index (χ3n) is 7.75. The zero-order chi connectivity index (χ0) is 31.2. The molecule has 3 aromatic rings. The number of carbonyl (C=O) groups excluding carboxylic acids is 4. The van der Waals surface area contributed by atoms with E-state index in [9.17, 15) is 19.2 Å². The SMILES string of the molecule is CCOC(=O)c1nn(-c2ccc3c(c2)CCO3)c2c1CCN(c1ccc(N3CCN(C(=O)OC(C)(C)C)CC3=O)cc1)C2=O. The zero-order valence-corrected chi connectivity index (χ0v) is 25.3. The number of esters is 1. The van der Waals surface area contributed by atoms with Crippen LogP contribution in [-0.2, 0) is 27.1 Å². The molecule has 0 spiro atoms. The normalized spacial score (nSPS) is 16.4. The highest BCUT2D eigenvalue weighted by molar-refractivity contribution is 6.09. The molecular weight excluding hydrogens is 566 g/mol. The Balaban J connectivity index is 1.24. The summed E-state index contributed by atoms with van der Waals surface area (Å²) in [4.78, 5) is 57.0. The van der Waals surface area contributed by atoms with Crippen LogP contribution in [0.3, 0.4) is 0 Å². The number of fused-ring (bicyclic) bond motifs is 2. The third kappa shape index (κ3) is 5.47. The smallest absolute Gasteiger partial charge is 0.410 e. The molecule has 0 N–H and O–H groups in total. The molecule has 0 radical (unpaired) electrons. The van der Waals surface area contributed by atoms with Crippen molar-refractivity contribution in [3.05, 3.63) is 65.0 Å². The first-order chi connectivity index (χ1) is 21.0. The van der Waals surface area contributed by atoms with Gasteiger partial charge < -0.3 is 24.0 Å².